The molecular weight excluding hydrogens is 314 g/mol. The Labute approximate surface area is 136 Å². The van der Waals surface area contributed by atoms with Gasteiger partial charge in [-0.05, 0) is 24.3 Å². The molecular formula is C18H10ClNO3. The topological polar surface area (TPSA) is 59.3 Å². The molecule has 0 radical (unpaired) electrons. The van der Waals surface area contributed by atoms with Crippen molar-refractivity contribution < 1.29 is 14.0 Å². The molecule has 0 fully saturated rings. The molecule has 0 unspecified atom stereocenters. The lowest BCUT2D eigenvalue weighted by Gasteiger charge is -2.11. The zero-order chi connectivity index (χ0) is 16.0. The van der Waals surface area contributed by atoms with E-state index in [0.717, 1.165) is 5.69 Å². The predicted octanol–water partition coefficient (Wildman–Crippen LogP) is 4.45. The molecule has 5 heteroatoms. The van der Waals surface area contributed by atoms with Gasteiger partial charge in [-0.25, -0.2) is 0 Å². The maximum absolute atomic E-state index is 12.5. The van der Waals surface area contributed by atoms with Crippen LogP contribution in [0.15, 0.2) is 59.0 Å². The van der Waals surface area contributed by atoms with Gasteiger partial charge in [-0.1, -0.05) is 35.9 Å². The van der Waals surface area contributed by atoms with Gasteiger partial charge in [0, 0.05) is 27.9 Å². The van der Waals surface area contributed by atoms with Crippen molar-refractivity contribution in [3.63, 3.8) is 0 Å². The van der Waals surface area contributed by atoms with Crippen LogP contribution in [0.1, 0.15) is 32.0 Å². The van der Waals surface area contributed by atoms with E-state index in [9.17, 15) is 9.59 Å². The fraction of sp³-hybridized carbons (Fsp3) is 0. The summed E-state index contributed by atoms with van der Waals surface area (Å²) in [5.74, 6) is -0.0699. The summed E-state index contributed by atoms with van der Waals surface area (Å²) < 4.78 is 5.57. The normalized spacial score (nSPS) is 12.7. The number of benzene rings is 2. The lowest BCUT2D eigenvalue weighted by molar-refractivity contribution is 0.0961. The maximum Gasteiger partial charge on any atom is 0.229 e. The van der Waals surface area contributed by atoms with E-state index in [1.54, 1.807) is 54.6 Å². The van der Waals surface area contributed by atoms with Crippen LogP contribution >= 0.6 is 11.6 Å². The summed E-state index contributed by atoms with van der Waals surface area (Å²) in [6.07, 6.45) is 0. The van der Waals surface area contributed by atoms with Crippen LogP contribution in [0.2, 0.25) is 5.02 Å². The molecule has 0 amide bonds. The molecule has 3 aromatic rings. The first-order chi connectivity index (χ1) is 11.1. The van der Waals surface area contributed by atoms with Crippen molar-refractivity contribution in [3.8, 4) is 0 Å². The second kappa shape index (κ2) is 5.11. The Bertz CT molecular complexity index is 889. The Hall–Kier alpha value is -2.85. The molecule has 0 spiro atoms. The van der Waals surface area contributed by atoms with Crippen LogP contribution in [0.25, 0.3) is 0 Å². The van der Waals surface area contributed by atoms with E-state index in [4.69, 9.17) is 16.0 Å². The molecule has 1 N–H and O–H groups in total. The number of furan rings is 1. The third-order valence-electron chi connectivity index (χ3n) is 3.71. The molecule has 1 aliphatic carbocycles. The number of anilines is 2. The largest absolute Gasteiger partial charge is 0.436 e. The van der Waals surface area contributed by atoms with E-state index < -0.39 is 0 Å². The van der Waals surface area contributed by atoms with Crippen LogP contribution in [0.5, 0.6) is 0 Å². The van der Waals surface area contributed by atoms with Crippen LogP contribution in [-0.2, 0) is 0 Å². The van der Waals surface area contributed by atoms with Gasteiger partial charge in [0.2, 0.25) is 5.78 Å². The van der Waals surface area contributed by atoms with E-state index in [1.807, 2.05) is 0 Å². The van der Waals surface area contributed by atoms with Crippen LogP contribution < -0.4 is 5.32 Å². The van der Waals surface area contributed by atoms with Crippen LogP contribution in [-0.4, -0.2) is 11.6 Å². The van der Waals surface area contributed by atoms with E-state index in [1.165, 1.54) is 0 Å². The summed E-state index contributed by atoms with van der Waals surface area (Å²) >= 11 is 5.85. The molecule has 4 rings (SSSR count). The average molecular weight is 324 g/mol. The van der Waals surface area contributed by atoms with Gasteiger partial charge in [-0.3, -0.25) is 9.59 Å². The van der Waals surface area contributed by atoms with Crippen molar-refractivity contribution in [2.45, 2.75) is 0 Å². The van der Waals surface area contributed by atoms with Crippen LogP contribution in [0, 0.1) is 0 Å². The van der Waals surface area contributed by atoms with Crippen LogP contribution in [0.4, 0.5) is 11.6 Å². The number of hydrogen-bond acceptors (Lipinski definition) is 4. The number of halogens is 1. The molecule has 1 aromatic heterocycles. The lowest BCUT2D eigenvalue weighted by Crippen LogP contribution is -2.18. The Morgan fingerprint density at radius 2 is 1.48 bits per heavy atom. The highest BCUT2D eigenvalue weighted by Gasteiger charge is 2.33. The van der Waals surface area contributed by atoms with Crippen LogP contribution in [0.3, 0.4) is 0 Å². The first-order valence-corrected chi connectivity index (χ1v) is 7.36. The zero-order valence-corrected chi connectivity index (χ0v) is 12.6. The number of nitrogens with one attached hydrogen (secondary N) is 1. The summed E-state index contributed by atoms with van der Waals surface area (Å²) in [7, 11) is 0. The molecule has 0 atom stereocenters. The standard InChI is InChI=1S/C18H10ClNO3/c19-10-5-7-11(8-6-10)20-15-9-14-16(21)12-3-1-2-4-13(12)17(22)18(14)23-15/h1-9,20H. The molecule has 1 heterocycles. The fourth-order valence-electron chi connectivity index (χ4n) is 2.61. The van der Waals surface area contributed by atoms with Gasteiger partial charge in [0.05, 0.1) is 5.56 Å². The van der Waals surface area contributed by atoms with E-state index in [2.05, 4.69) is 5.32 Å². The second-order valence-electron chi connectivity index (χ2n) is 5.19. The smallest absolute Gasteiger partial charge is 0.229 e. The Morgan fingerprint density at radius 1 is 0.826 bits per heavy atom. The van der Waals surface area contributed by atoms with Gasteiger partial charge in [-0.2, -0.15) is 0 Å². The Balaban J connectivity index is 1.73. The minimum Gasteiger partial charge on any atom is -0.436 e. The van der Waals surface area contributed by atoms with E-state index >= 15 is 0 Å². The highest BCUT2D eigenvalue weighted by Crippen LogP contribution is 2.32. The third kappa shape index (κ3) is 2.24. The average Bonchev–Trinajstić information content (AvgIpc) is 2.99. The second-order valence-corrected chi connectivity index (χ2v) is 5.63. The van der Waals surface area contributed by atoms with Crippen molar-refractivity contribution in [2.75, 3.05) is 5.32 Å². The van der Waals surface area contributed by atoms with Gasteiger partial charge in [0.25, 0.3) is 0 Å². The SMILES string of the molecule is O=C1c2ccccc2C(=O)c2oc(Nc3ccc(Cl)cc3)cc21. The molecule has 2 aromatic carbocycles. The summed E-state index contributed by atoms with van der Waals surface area (Å²) in [6, 6.07) is 15.3. The van der Waals surface area contributed by atoms with Gasteiger partial charge in [0.15, 0.2) is 17.4 Å². The van der Waals surface area contributed by atoms with Crippen molar-refractivity contribution in [3.05, 3.63) is 82.1 Å². The van der Waals surface area contributed by atoms with Gasteiger partial charge in [-0.15, -0.1) is 0 Å². The molecule has 112 valence electrons. The van der Waals surface area contributed by atoms with Crippen molar-refractivity contribution in [1.29, 1.82) is 0 Å². The fourth-order valence-corrected chi connectivity index (χ4v) is 2.74. The lowest BCUT2D eigenvalue weighted by atomic mass is 9.89. The molecule has 0 saturated heterocycles. The summed E-state index contributed by atoms with van der Waals surface area (Å²) in [5.41, 5.74) is 1.81. The molecule has 0 saturated carbocycles. The highest BCUT2D eigenvalue weighted by atomic mass is 35.5. The Morgan fingerprint density at radius 3 is 2.17 bits per heavy atom. The predicted molar refractivity (Wildman–Crippen MR) is 86.7 cm³/mol. The number of fused-ring (bicyclic) bond motifs is 2. The zero-order valence-electron chi connectivity index (χ0n) is 11.8. The van der Waals surface area contributed by atoms with Crippen molar-refractivity contribution in [2.24, 2.45) is 0 Å². The van der Waals surface area contributed by atoms with E-state index in [0.29, 0.717) is 22.0 Å². The third-order valence-corrected chi connectivity index (χ3v) is 3.96. The summed E-state index contributed by atoms with van der Waals surface area (Å²) in [6.45, 7) is 0. The molecule has 1 aliphatic rings. The summed E-state index contributed by atoms with van der Waals surface area (Å²) in [4.78, 5) is 25.0. The summed E-state index contributed by atoms with van der Waals surface area (Å²) in [5, 5.41) is 3.65. The monoisotopic (exact) mass is 323 g/mol. The van der Waals surface area contributed by atoms with Gasteiger partial charge >= 0.3 is 0 Å². The minimum absolute atomic E-state index is 0.0742. The van der Waals surface area contributed by atoms with E-state index in [-0.39, 0.29) is 22.9 Å². The Kier molecular flexibility index (Phi) is 3.06. The van der Waals surface area contributed by atoms with Crippen molar-refractivity contribution in [1.82, 2.24) is 0 Å². The first kappa shape index (κ1) is 13.8. The van der Waals surface area contributed by atoms with Gasteiger partial charge in [0.1, 0.15) is 0 Å². The number of ketones is 2. The quantitative estimate of drug-likeness (QED) is 0.592. The number of hydrogen-bond donors (Lipinski definition) is 1. The number of carbonyl (C=O) groups excluding carboxylic acids is 2. The molecule has 0 aliphatic heterocycles. The minimum atomic E-state index is -0.278. The molecule has 0 bridgehead atoms. The van der Waals surface area contributed by atoms with Gasteiger partial charge < -0.3 is 9.73 Å². The molecule has 23 heavy (non-hydrogen) atoms. The molecule has 4 nitrogen and oxygen atoms in total. The number of carbonyl (C=O) groups is 2. The van der Waals surface area contributed by atoms with Crippen molar-refractivity contribution >= 4 is 34.7 Å². The first-order valence-electron chi connectivity index (χ1n) is 6.98. The highest BCUT2D eigenvalue weighted by molar-refractivity contribution is 6.30. The maximum atomic E-state index is 12.5. The number of rotatable bonds is 2.